The van der Waals surface area contributed by atoms with E-state index in [0.29, 0.717) is 5.69 Å². The molecule has 0 fully saturated rings. The molecule has 0 saturated heterocycles. The zero-order valence-electron chi connectivity index (χ0n) is 11.4. The molecule has 2 rings (SSSR count). The van der Waals surface area contributed by atoms with E-state index in [-0.39, 0.29) is 12.3 Å². The number of benzene rings is 2. The number of hydrogen-bond acceptors (Lipinski definition) is 4. The van der Waals surface area contributed by atoms with E-state index < -0.39 is 10.5 Å². The lowest BCUT2D eigenvalue weighted by Crippen LogP contribution is -2.36. The standard InChI is InChI=1S/C15H15IN2O3/c1-15(10-19,11-5-3-2-4-6-11)17-13-8-7-12(16)9-14(13)18(20)21/h2-9,17,19H,10H2,1H3. The summed E-state index contributed by atoms with van der Waals surface area (Å²) in [6.45, 7) is 1.63. The van der Waals surface area contributed by atoms with Crippen molar-refractivity contribution in [2.45, 2.75) is 12.5 Å². The fourth-order valence-electron chi connectivity index (χ4n) is 2.07. The summed E-state index contributed by atoms with van der Waals surface area (Å²) in [4.78, 5) is 10.8. The van der Waals surface area contributed by atoms with E-state index in [1.807, 2.05) is 59.8 Å². The maximum absolute atomic E-state index is 11.2. The molecule has 0 radical (unpaired) electrons. The van der Waals surface area contributed by atoms with E-state index in [0.717, 1.165) is 9.13 Å². The highest BCUT2D eigenvalue weighted by Crippen LogP contribution is 2.32. The Morgan fingerprint density at radius 1 is 1.29 bits per heavy atom. The molecule has 2 aromatic rings. The van der Waals surface area contributed by atoms with E-state index in [9.17, 15) is 15.2 Å². The predicted octanol–water partition coefficient (Wildman–Crippen LogP) is 3.52. The fraction of sp³-hybridized carbons (Fsp3) is 0.200. The van der Waals surface area contributed by atoms with Gasteiger partial charge in [-0.05, 0) is 47.2 Å². The van der Waals surface area contributed by atoms with Crippen LogP contribution in [0.3, 0.4) is 0 Å². The first-order valence-electron chi connectivity index (χ1n) is 6.35. The molecule has 5 nitrogen and oxygen atoms in total. The van der Waals surface area contributed by atoms with E-state index in [4.69, 9.17) is 0 Å². The van der Waals surface area contributed by atoms with Gasteiger partial charge in [0.2, 0.25) is 0 Å². The SMILES string of the molecule is CC(CO)(Nc1ccc(I)cc1[N+](=O)[O-])c1ccccc1. The van der Waals surface area contributed by atoms with Crippen molar-refractivity contribution in [3.05, 3.63) is 67.8 Å². The minimum absolute atomic E-state index is 0.00231. The van der Waals surface area contributed by atoms with Crippen LogP contribution in [-0.2, 0) is 5.54 Å². The summed E-state index contributed by atoms with van der Waals surface area (Å²) in [5.74, 6) is 0. The van der Waals surface area contributed by atoms with Gasteiger partial charge in [-0.3, -0.25) is 10.1 Å². The normalized spacial score (nSPS) is 13.5. The van der Waals surface area contributed by atoms with Gasteiger partial charge in [-0.25, -0.2) is 0 Å². The molecule has 0 aromatic heterocycles. The second kappa shape index (κ2) is 6.40. The molecule has 2 aromatic carbocycles. The number of halogens is 1. The highest BCUT2D eigenvalue weighted by Gasteiger charge is 2.28. The number of aliphatic hydroxyl groups excluding tert-OH is 1. The lowest BCUT2D eigenvalue weighted by molar-refractivity contribution is -0.384. The van der Waals surface area contributed by atoms with Crippen LogP contribution in [0, 0.1) is 13.7 Å². The minimum atomic E-state index is -0.793. The number of anilines is 1. The molecule has 0 saturated carbocycles. The maximum atomic E-state index is 11.2. The summed E-state index contributed by atoms with van der Waals surface area (Å²) in [5.41, 5.74) is 0.456. The highest BCUT2D eigenvalue weighted by atomic mass is 127. The Kier molecular flexibility index (Phi) is 4.79. The smallest absolute Gasteiger partial charge is 0.293 e. The lowest BCUT2D eigenvalue weighted by atomic mass is 9.92. The summed E-state index contributed by atoms with van der Waals surface area (Å²) in [5, 5.41) is 24.0. The van der Waals surface area contributed by atoms with Crippen molar-refractivity contribution in [3.63, 3.8) is 0 Å². The average Bonchev–Trinajstić information content (AvgIpc) is 2.49. The van der Waals surface area contributed by atoms with E-state index in [1.165, 1.54) is 6.07 Å². The molecule has 0 aliphatic heterocycles. The summed E-state index contributed by atoms with van der Waals surface area (Å²) in [7, 11) is 0. The fourth-order valence-corrected chi connectivity index (χ4v) is 2.54. The Balaban J connectivity index is 2.42. The second-order valence-corrected chi connectivity index (χ2v) is 6.15. The van der Waals surface area contributed by atoms with E-state index in [1.54, 1.807) is 12.1 Å². The van der Waals surface area contributed by atoms with Crippen molar-refractivity contribution >= 4 is 34.0 Å². The van der Waals surface area contributed by atoms with Crippen molar-refractivity contribution in [2.75, 3.05) is 11.9 Å². The van der Waals surface area contributed by atoms with Gasteiger partial charge >= 0.3 is 0 Å². The molecule has 6 heteroatoms. The zero-order valence-corrected chi connectivity index (χ0v) is 13.6. The zero-order chi connectivity index (χ0) is 15.5. The van der Waals surface area contributed by atoms with Crippen molar-refractivity contribution in [1.29, 1.82) is 0 Å². The molecule has 2 N–H and O–H groups in total. The first-order valence-corrected chi connectivity index (χ1v) is 7.42. The van der Waals surface area contributed by atoms with Crippen LogP contribution in [0.1, 0.15) is 12.5 Å². The molecule has 0 bridgehead atoms. The monoisotopic (exact) mass is 398 g/mol. The average molecular weight is 398 g/mol. The largest absolute Gasteiger partial charge is 0.394 e. The van der Waals surface area contributed by atoms with Crippen molar-refractivity contribution in [1.82, 2.24) is 0 Å². The molecule has 1 atom stereocenters. The number of rotatable bonds is 5. The third-order valence-electron chi connectivity index (χ3n) is 3.29. The van der Waals surface area contributed by atoms with Crippen molar-refractivity contribution in [2.24, 2.45) is 0 Å². The molecule has 1 unspecified atom stereocenters. The highest BCUT2D eigenvalue weighted by molar-refractivity contribution is 14.1. The molecule has 0 spiro atoms. The predicted molar refractivity (Wildman–Crippen MR) is 90.3 cm³/mol. The molecule has 110 valence electrons. The molecule has 0 amide bonds. The first kappa shape index (κ1) is 15.7. The number of hydrogen-bond donors (Lipinski definition) is 2. The molecule has 21 heavy (non-hydrogen) atoms. The lowest BCUT2D eigenvalue weighted by Gasteiger charge is -2.30. The van der Waals surface area contributed by atoms with E-state index in [2.05, 4.69) is 5.32 Å². The molecular weight excluding hydrogens is 383 g/mol. The molecular formula is C15H15IN2O3. The van der Waals surface area contributed by atoms with Crippen LogP contribution in [0.2, 0.25) is 0 Å². The Bertz CT molecular complexity index is 649. The maximum Gasteiger partial charge on any atom is 0.293 e. The van der Waals surface area contributed by atoms with Crippen LogP contribution in [0.25, 0.3) is 0 Å². The van der Waals surface area contributed by atoms with Crippen LogP contribution in [0.4, 0.5) is 11.4 Å². The first-order chi connectivity index (χ1) is 9.96. The summed E-state index contributed by atoms with van der Waals surface area (Å²) in [6.07, 6.45) is 0. The van der Waals surface area contributed by atoms with Gasteiger partial charge in [0.05, 0.1) is 17.1 Å². The van der Waals surface area contributed by atoms with Crippen LogP contribution < -0.4 is 5.32 Å². The Morgan fingerprint density at radius 2 is 1.95 bits per heavy atom. The van der Waals surface area contributed by atoms with Gasteiger partial charge in [0.25, 0.3) is 5.69 Å². The third kappa shape index (κ3) is 3.51. The topological polar surface area (TPSA) is 75.4 Å². The Labute approximate surface area is 136 Å². The third-order valence-corrected chi connectivity index (χ3v) is 3.97. The van der Waals surface area contributed by atoms with Gasteiger partial charge < -0.3 is 10.4 Å². The van der Waals surface area contributed by atoms with Gasteiger partial charge in [0, 0.05) is 9.64 Å². The summed E-state index contributed by atoms with van der Waals surface area (Å²) in [6, 6.07) is 14.3. The minimum Gasteiger partial charge on any atom is -0.394 e. The van der Waals surface area contributed by atoms with Crippen LogP contribution in [0.5, 0.6) is 0 Å². The van der Waals surface area contributed by atoms with Crippen LogP contribution in [0.15, 0.2) is 48.5 Å². The number of nitro groups is 1. The quantitative estimate of drug-likeness (QED) is 0.459. The number of nitrogens with one attached hydrogen (secondary N) is 1. The molecule has 0 aliphatic carbocycles. The van der Waals surface area contributed by atoms with Gasteiger partial charge in [-0.15, -0.1) is 0 Å². The second-order valence-electron chi connectivity index (χ2n) is 4.90. The number of nitrogens with zero attached hydrogens (tertiary/aromatic N) is 1. The molecule has 0 aliphatic rings. The summed E-state index contributed by atoms with van der Waals surface area (Å²) < 4.78 is 0.787. The van der Waals surface area contributed by atoms with Gasteiger partial charge in [0.15, 0.2) is 0 Å². The van der Waals surface area contributed by atoms with Crippen LogP contribution >= 0.6 is 22.6 Å². The summed E-state index contributed by atoms with van der Waals surface area (Å²) >= 11 is 2.03. The molecule has 0 heterocycles. The van der Waals surface area contributed by atoms with Gasteiger partial charge in [0.1, 0.15) is 5.69 Å². The number of nitro benzene ring substituents is 1. The van der Waals surface area contributed by atoms with Crippen molar-refractivity contribution in [3.8, 4) is 0 Å². The van der Waals surface area contributed by atoms with Gasteiger partial charge in [-0.1, -0.05) is 30.3 Å². The van der Waals surface area contributed by atoms with E-state index >= 15 is 0 Å². The van der Waals surface area contributed by atoms with Crippen LogP contribution in [-0.4, -0.2) is 16.6 Å². The number of aliphatic hydroxyl groups is 1. The Morgan fingerprint density at radius 3 is 2.52 bits per heavy atom. The van der Waals surface area contributed by atoms with Crippen molar-refractivity contribution < 1.29 is 10.0 Å². The van der Waals surface area contributed by atoms with Gasteiger partial charge in [-0.2, -0.15) is 0 Å². The Hall–Kier alpha value is -1.67.